The van der Waals surface area contributed by atoms with E-state index in [1.165, 1.54) is 12.1 Å². The van der Waals surface area contributed by atoms with Gasteiger partial charge in [-0.1, -0.05) is 30.1 Å². The molecule has 1 aromatic rings. The lowest BCUT2D eigenvalue weighted by atomic mass is 10.2. The van der Waals surface area contributed by atoms with Crippen molar-refractivity contribution >= 4 is 34.9 Å². The highest BCUT2D eigenvalue weighted by Crippen LogP contribution is 2.32. The third kappa shape index (κ3) is 3.03. The first-order chi connectivity index (χ1) is 7.45. The molecule has 0 heterocycles. The van der Waals surface area contributed by atoms with Gasteiger partial charge in [0, 0.05) is 6.04 Å². The third-order valence-electron chi connectivity index (χ3n) is 2.29. The Hall–Kier alpha value is -0.930. The molecule has 0 amide bonds. The molecule has 1 atom stereocenters. The molecule has 0 aliphatic rings. The quantitative estimate of drug-likeness (QED) is 0.865. The van der Waals surface area contributed by atoms with Crippen molar-refractivity contribution in [1.82, 2.24) is 0 Å². The molecule has 0 saturated heterocycles. The SMILES string of the molecule is CCC(C)Nc1c(Cl)cc(C(=O)O)cc1Cl. The van der Waals surface area contributed by atoms with Crippen LogP contribution in [0.3, 0.4) is 0 Å². The average molecular weight is 262 g/mol. The number of nitrogens with one attached hydrogen (secondary N) is 1. The van der Waals surface area contributed by atoms with Crippen LogP contribution in [-0.2, 0) is 0 Å². The number of carbonyl (C=O) groups is 1. The lowest BCUT2D eigenvalue weighted by molar-refractivity contribution is 0.0697. The van der Waals surface area contributed by atoms with E-state index in [4.69, 9.17) is 28.3 Å². The maximum atomic E-state index is 10.8. The van der Waals surface area contributed by atoms with Crippen molar-refractivity contribution in [3.8, 4) is 0 Å². The van der Waals surface area contributed by atoms with Crippen molar-refractivity contribution < 1.29 is 9.90 Å². The minimum atomic E-state index is -1.04. The molecule has 0 spiro atoms. The molecule has 1 unspecified atom stereocenters. The first-order valence-electron chi connectivity index (χ1n) is 4.94. The Bertz CT molecular complexity index is 384. The van der Waals surface area contributed by atoms with Gasteiger partial charge in [0.1, 0.15) is 0 Å². The summed E-state index contributed by atoms with van der Waals surface area (Å²) in [5.74, 6) is -1.04. The number of halogens is 2. The molecular weight excluding hydrogens is 249 g/mol. The molecule has 0 saturated carbocycles. The molecule has 3 nitrogen and oxygen atoms in total. The van der Waals surface area contributed by atoms with E-state index >= 15 is 0 Å². The number of hydrogen-bond donors (Lipinski definition) is 2. The molecule has 1 rings (SSSR count). The number of carboxylic acid groups (broad SMARTS) is 1. The molecular formula is C11H13Cl2NO2. The van der Waals surface area contributed by atoms with Gasteiger partial charge >= 0.3 is 5.97 Å². The molecule has 0 radical (unpaired) electrons. The Morgan fingerprint density at radius 3 is 2.31 bits per heavy atom. The monoisotopic (exact) mass is 261 g/mol. The molecule has 88 valence electrons. The molecule has 16 heavy (non-hydrogen) atoms. The fraction of sp³-hybridized carbons (Fsp3) is 0.364. The van der Waals surface area contributed by atoms with E-state index in [-0.39, 0.29) is 11.6 Å². The van der Waals surface area contributed by atoms with Gasteiger partial charge in [0.15, 0.2) is 0 Å². The molecule has 0 aliphatic heterocycles. The van der Waals surface area contributed by atoms with Crippen LogP contribution >= 0.6 is 23.2 Å². The number of hydrogen-bond acceptors (Lipinski definition) is 2. The Morgan fingerprint density at radius 2 is 1.94 bits per heavy atom. The van der Waals surface area contributed by atoms with Gasteiger partial charge in [-0.15, -0.1) is 0 Å². The molecule has 0 fully saturated rings. The average Bonchev–Trinajstić information content (AvgIpc) is 2.22. The third-order valence-corrected chi connectivity index (χ3v) is 2.89. The summed E-state index contributed by atoms with van der Waals surface area (Å²) in [5, 5.41) is 12.6. The Balaban J connectivity index is 3.07. The van der Waals surface area contributed by atoms with Crippen molar-refractivity contribution in [2.24, 2.45) is 0 Å². The van der Waals surface area contributed by atoms with Crippen LogP contribution in [0.2, 0.25) is 10.0 Å². The van der Waals surface area contributed by atoms with E-state index in [9.17, 15) is 4.79 Å². The second-order valence-electron chi connectivity index (χ2n) is 3.57. The van der Waals surface area contributed by atoms with Crippen LogP contribution in [0, 0.1) is 0 Å². The largest absolute Gasteiger partial charge is 0.478 e. The zero-order valence-corrected chi connectivity index (χ0v) is 10.6. The van der Waals surface area contributed by atoms with Crippen LogP contribution in [0.25, 0.3) is 0 Å². The van der Waals surface area contributed by atoms with Gasteiger partial charge in [-0.2, -0.15) is 0 Å². The molecule has 0 bridgehead atoms. The number of rotatable bonds is 4. The summed E-state index contributed by atoms with van der Waals surface area (Å²) in [6.07, 6.45) is 0.924. The van der Waals surface area contributed by atoms with Crippen LogP contribution in [0.15, 0.2) is 12.1 Å². The van der Waals surface area contributed by atoms with Crippen LogP contribution in [0.1, 0.15) is 30.6 Å². The van der Waals surface area contributed by atoms with E-state index in [0.717, 1.165) is 6.42 Å². The first-order valence-corrected chi connectivity index (χ1v) is 5.70. The fourth-order valence-electron chi connectivity index (χ4n) is 1.18. The Labute approximate surface area is 104 Å². The predicted octanol–water partition coefficient (Wildman–Crippen LogP) is 3.90. The van der Waals surface area contributed by atoms with Gasteiger partial charge in [-0.25, -0.2) is 4.79 Å². The van der Waals surface area contributed by atoms with Gasteiger partial charge in [0.2, 0.25) is 0 Å². The molecule has 0 aromatic heterocycles. The smallest absolute Gasteiger partial charge is 0.335 e. The predicted molar refractivity (Wildman–Crippen MR) is 66.8 cm³/mol. The highest BCUT2D eigenvalue weighted by atomic mass is 35.5. The maximum absolute atomic E-state index is 10.8. The zero-order valence-electron chi connectivity index (χ0n) is 9.05. The highest BCUT2D eigenvalue weighted by Gasteiger charge is 2.13. The van der Waals surface area contributed by atoms with Crippen molar-refractivity contribution in [2.45, 2.75) is 26.3 Å². The second-order valence-corrected chi connectivity index (χ2v) is 4.39. The number of benzene rings is 1. The summed E-state index contributed by atoms with van der Waals surface area (Å²) in [4.78, 5) is 10.8. The standard InChI is InChI=1S/C11H13Cl2NO2/c1-3-6(2)14-10-8(12)4-7(11(15)16)5-9(10)13/h4-6,14H,3H2,1-2H3,(H,15,16). The van der Waals surface area contributed by atoms with Crippen molar-refractivity contribution in [2.75, 3.05) is 5.32 Å². The van der Waals surface area contributed by atoms with Crippen molar-refractivity contribution in [3.05, 3.63) is 27.7 Å². The van der Waals surface area contributed by atoms with Crippen LogP contribution in [0.4, 0.5) is 5.69 Å². The van der Waals surface area contributed by atoms with Gasteiger partial charge in [0.05, 0.1) is 21.3 Å². The molecule has 1 aromatic carbocycles. The fourth-order valence-corrected chi connectivity index (χ4v) is 1.78. The highest BCUT2D eigenvalue weighted by molar-refractivity contribution is 6.39. The summed E-state index contributed by atoms with van der Waals surface area (Å²) in [7, 11) is 0. The van der Waals surface area contributed by atoms with Crippen molar-refractivity contribution in [3.63, 3.8) is 0 Å². The van der Waals surface area contributed by atoms with Crippen LogP contribution in [0.5, 0.6) is 0 Å². The second kappa shape index (κ2) is 5.41. The minimum absolute atomic E-state index is 0.0877. The van der Waals surface area contributed by atoms with Crippen molar-refractivity contribution in [1.29, 1.82) is 0 Å². The number of anilines is 1. The lowest BCUT2D eigenvalue weighted by Gasteiger charge is -2.16. The van der Waals surface area contributed by atoms with Gasteiger partial charge in [0.25, 0.3) is 0 Å². The zero-order chi connectivity index (χ0) is 12.3. The summed E-state index contributed by atoms with van der Waals surface area (Å²) in [5.41, 5.74) is 0.674. The number of carboxylic acids is 1. The van der Waals surface area contributed by atoms with E-state index in [2.05, 4.69) is 5.32 Å². The summed E-state index contributed by atoms with van der Waals surface area (Å²) < 4.78 is 0. The Morgan fingerprint density at radius 1 is 1.44 bits per heavy atom. The van der Waals surface area contributed by atoms with E-state index in [0.29, 0.717) is 15.7 Å². The summed E-state index contributed by atoms with van der Waals surface area (Å²) in [6, 6.07) is 3.01. The Kier molecular flexibility index (Phi) is 4.44. The maximum Gasteiger partial charge on any atom is 0.335 e. The number of aromatic carboxylic acids is 1. The van der Waals surface area contributed by atoms with Gasteiger partial charge in [-0.05, 0) is 25.5 Å². The molecule has 0 aliphatic carbocycles. The lowest BCUT2D eigenvalue weighted by Crippen LogP contribution is -2.14. The van der Waals surface area contributed by atoms with Gasteiger partial charge < -0.3 is 10.4 Å². The summed E-state index contributed by atoms with van der Waals surface area (Å²) in [6.45, 7) is 4.03. The van der Waals surface area contributed by atoms with Crippen LogP contribution < -0.4 is 5.32 Å². The first kappa shape index (κ1) is 13.1. The summed E-state index contributed by atoms with van der Waals surface area (Å²) >= 11 is 11.9. The van der Waals surface area contributed by atoms with E-state index < -0.39 is 5.97 Å². The van der Waals surface area contributed by atoms with E-state index in [1.807, 2.05) is 13.8 Å². The minimum Gasteiger partial charge on any atom is -0.478 e. The van der Waals surface area contributed by atoms with E-state index in [1.54, 1.807) is 0 Å². The normalized spacial score (nSPS) is 12.2. The topological polar surface area (TPSA) is 49.3 Å². The molecule has 2 N–H and O–H groups in total. The van der Waals surface area contributed by atoms with Gasteiger partial charge in [-0.3, -0.25) is 0 Å². The molecule has 5 heteroatoms. The van der Waals surface area contributed by atoms with Crippen LogP contribution in [-0.4, -0.2) is 17.1 Å².